The zero-order valence-electron chi connectivity index (χ0n) is 16.0. The second-order valence-electron chi connectivity index (χ2n) is 6.41. The van der Waals surface area contributed by atoms with E-state index in [1.165, 1.54) is 23.1 Å². The van der Waals surface area contributed by atoms with Crippen molar-refractivity contribution in [2.75, 3.05) is 20.3 Å². The minimum atomic E-state index is -4.44. The van der Waals surface area contributed by atoms with Crippen molar-refractivity contribution in [1.82, 2.24) is 10.2 Å². The largest absolute Gasteiger partial charge is 0.486 e. The lowest BCUT2D eigenvalue weighted by Crippen LogP contribution is -2.32. The second-order valence-corrected chi connectivity index (χ2v) is 6.80. The Morgan fingerprint density at radius 1 is 1.27 bits per heavy atom. The summed E-state index contributed by atoms with van der Waals surface area (Å²) in [6, 6.07) is 7.85. The molecule has 0 atom stereocenters. The Balaban J connectivity index is 1.61. The van der Waals surface area contributed by atoms with Gasteiger partial charge in [0.15, 0.2) is 5.11 Å². The number of carbonyl (C=O) groups is 1. The van der Waals surface area contributed by atoms with Crippen LogP contribution in [0.1, 0.15) is 23.5 Å². The summed E-state index contributed by atoms with van der Waals surface area (Å²) < 4.78 is 54.3. The molecule has 0 saturated carbocycles. The predicted octanol–water partition coefficient (Wildman–Crippen LogP) is 3.97. The van der Waals surface area contributed by atoms with Gasteiger partial charge in [-0.25, -0.2) is 0 Å². The van der Waals surface area contributed by atoms with Crippen LogP contribution in [-0.2, 0) is 22.3 Å². The smallest absolute Gasteiger partial charge is 0.416 e. The lowest BCUT2D eigenvalue weighted by molar-refractivity contribution is -0.137. The van der Waals surface area contributed by atoms with Crippen LogP contribution in [0.15, 0.2) is 46.5 Å². The summed E-state index contributed by atoms with van der Waals surface area (Å²) in [7, 11) is 1.58. The van der Waals surface area contributed by atoms with E-state index < -0.39 is 11.7 Å². The molecule has 6 nitrogen and oxygen atoms in total. The van der Waals surface area contributed by atoms with Crippen molar-refractivity contribution < 1.29 is 31.9 Å². The number of hydrogen-bond donors (Lipinski definition) is 1. The topological polar surface area (TPSA) is 63.9 Å². The summed E-state index contributed by atoms with van der Waals surface area (Å²) in [6.45, 7) is 0.885. The highest BCUT2D eigenvalue weighted by Crippen LogP contribution is 2.31. The van der Waals surface area contributed by atoms with Crippen LogP contribution in [0.3, 0.4) is 0 Å². The fourth-order valence-corrected chi connectivity index (χ4v) is 3.03. The van der Waals surface area contributed by atoms with Gasteiger partial charge in [0.2, 0.25) is 0 Å². The average molecular weight is 440 g/mol. The highest BCUT2D eigenvalue weighted by molar-refractivity contribution is 7.80. The molecular weight excluding hydrogens is 421 g/mol. The zero-order valence-corrected chi connectivity index (χ0v) is 16.8. The molecule has 1 saturated heterocycles. The number of benzene rings is 1. The number of ether oxygens (including phenoxy) is 2. The van der Waals surface area contributed by atoms with Crippen LogP contribution in [0.4, 0.5) is 13.2 Å². The number of nitrogens with zero attached hydrogens (tertiary/aromatic N) is 1. The van der Waals surface area contributed by atoms with Crippen molar-refractivity contribution in [3.8, 4) is 5.75 Å². The fourth-order valence-electron chi connectivity index (χ4n) is 2.75. The third kappa shape index (κ3) is 5.39. The maximum Gasteiger partial charge on any atom is 0.416 e. The Morgan fingerprint density at radius 3 is 2.80 bits per heavy atom. The van der Waals surface area contributed by atoms with E-state index in [0.717, 1.165) is 12.1 Å². The van der Waals surface area contributed by atoms with Gasteiger partial charge in [-0.15, -0.1) is 0 Å². The molecule has 160 valence electrons. The highest BCUT2D eigenvalue weighted by atomic mass is 32.1. The van der Waals surface area contributed by atoms with E-state index in [1.54, 1.807) is 19.2 Å². The van der Waals surface area contributed by atoms with E-state index in [-0.39, 0.29) is 24.0 Å². The number of furan rings is 1. The normalized spacial score (nSPS) is 15.7. The fraction of sp³-hybridized carbons (Fsp3) is 0.300. The minimum Gasteiger partial charge on any atom is -0.486 e. The van der Waals surface area contributed by atoms with Crippen molar-refractivity contribution >= 4 is 29.3 Å². The molecule has 0 aliphatic carbocycles. The summed E-state index contributed by atoms with van der Waals surface area (Å²) in [5.41, 5.74) is -0.515. The number of methoxy groups -OCH3 is 1. The first-order chi connectivity index (χ1) is 14.3. The van der Waals surface area contributed by atoms with Gasteiger partial charge in [-0.05, 0) is 49.0 Å². The molecule has 2 aromatic rings. The summed E-state index contributed by atoms with van der Waals surface area (Å²) in [4.78, 5) is 13.9. The highest BCUT2D eigenvalue weighted by Gasteiger charge is 2.31. The number of alkyl halides is 3. The molecule has 3 rings (SSSR count). The van der Waals surface area contributed by atoms with Crippen molar-refractivity contribution in [3.05, 3.63) is 59.2 Å². The van der Waals surface area contributed by atoms with E-state index in [4.69, 9.17) is 26.1 Å². The molecule has 1 fully saturated rings. The third-order valence-corrected chi connectivity index (χ3v) is 4.53. The van der Waals surface area contributed by atoms with Crippen molar-refractivity contribution in [2.45, 2.75) is 19.2 Å². The van der Waals surface area contributed by atoms with Crippen molar-refractivity contribution in [2.24, 2.45) is 0 Å². The summed E-state index contributed by atoms with van der Waals surface area (Å²) in [5.74, 6) is 0.583. The Morgan fingerprint density at radius 2 is 2.07 bits per heavy atom. The number of amides is 1. The molecule has 0 radical (unpaired) electrons. The Labute approximate surface area is 176 Å². The minimum absolute atomic E-state index is 0.0621. The molecule has 0 bridgehead atoms. The lowest BCUT2D eigenvalue weighted by atomic mass is 10.2. The van der Waals surface area contributed by atoms with Crippen LogP contribution in [0.2, 0.25) is 0 Å². The number of carbonyl (C=O) groups excluding carboxylic acids is 1. The molecular formula is C20H19F3N2O4S. The molecule has 1 aromatic carbocycles. The SMILES string of the molecule is COCCCN1C(=O)/C(=C\c2ccc(COc3cccc(C(F)(F)F)c3)o2)NC1=S. The molecule has 1 aromatic heterocycles. The Hall–Kier alpha value is -2.85. The van der Waals surface area contributed by atoms with Gasteiger partial charge in [-0.1, -0.05) is 6.07 Å². The van der Waals surface area contributed by atoms with E-state index in [2.05, 4.69) is 5.32 Å². The quantitative estimate of drug-likeness (QED) is 0.381. The number of hydrogen-bond acceptors (Lipinski definition) is 5. The first-order valence-corrected chi connectivity index (χ1v) is 9.41. The lowest BCUT2D eigenvalue weighted by Gasteiger charge is -2.12. The standard InChI is InChI=1S/C20H19F3N2O4S/c1-27-9-3-8-25-18(26)17(24-19(25)30)11-15-6-7-16(29-15)12-28-14-5-2-4-13(10-14)20(21,22)23/h2,4-7,10-11H,3,8-9,12H2,1H3,(H,24,30)/b17-11+. The Bertz CT molecular complexity index is 956. The van der Waals surface area contributed by atoms with Crippen LogP contribution >= 0.6 is 12.2 Å². The first-order valence-electron chi connectivity index (χ1n) is 9.00. The predicted molar refractivity (Wildman–Crippen MR) is 106 cm³/mol. The molecule has 1 N–H and O–H groups in total. The molecule has 0 spiro atoms. The van der Waals surface area contributed by atoms with Gasteiger partial charge in [0.05, 0.1) is 5.56 Å². The molecule has 30 heavy (non-hydrogen) atoms. The zero-order chi connectivity index (χ0) is 21.7. The van der Waals surface area contributed by atoms with Gasteiger partial charge >= 0.3 is 6.18 Å². The number of halogens is 3. The maximum atomic E-state index is 12.8. The van der Waals surface area contributed by atoms with E-state index in [0.29, 0.717) is 36.2 Å². The summed E-state index contributed by atoms with van der Waals surface area (Å²) in [5, 5.41) is 3.15. The Kier molecular flexibility index (Phi) is 6.78. The molecule has 1 aliphatic rings. The molecule has 0 unspecified atom stereocenters. The number of nitrogens with one attached hydrogen (secondary N) is 1. The number of rotatable bonds is 8. The van der Waals surface area contributed by atoms with Crippen molar-refractivity contribution in [1.29, 1.82) is 0 Å². The third-order valence-electron chi connectivity index (χ3n) is 4.20. The van der Waals surface area contributed by atoms with Crippen LogP contribution in [0, 0.1) is 0 Å². The van der Waals surface area contributed by atoms with Gasteiger partial charge in [-0.3, -0.25) is 9.69 Å². The summed E-state index contributed by atoms with van der Waals surface area (Å²) in [6.07, 6.45) is -2.28. The van der Waals surface area contributed by atoms with Crippen LogP contribution in [-0.4, -0.2) is 36.2 Å². The maximum absolute atomic E-state index is 12.8. The first kappa shape index (κ1) is 21.8. The van der Waals surface area contributed by atoms with Crippen LogP contribution in [0.5, 0.6) is 5.75 Å². The molecule has 1 aliphatic heterocycles. The van der Waals surface area contributed by atoms with E-state index in [1.807, 2.05) is 0 Å². The van der Waals surface area contributed by atoms with Crippen LogP contribution in [0.25, 0.3) is 6.08 Å². The van der Waals surface area contributed by atoms with Gasteiger partial charge in [0.25, 0.3) is 5.91 Å². The van der Waals surface area contributed by atoms with Gasteiger partial charge in [0, 0.05) is 26.3 Å². The van der Waals surface area contributed by atoms with Crippen molar-refractivity contribution in [3.63, 3.8) is 0 Å². The van der Waals surface area contributed by atoms with Gasteiger partial charge in [0.1, 0.15) is 29.6 Å². The summed E-state index contributed by atoms with van der Waals surface area (Å²) >= 11 is 5.18. The molecule has 1 amide bonds. The van der Waals surface area contributed by atoms with Crippen LogP contribution < -0.4 is 10.1 Å². The number of thiocarbonyl (C=S) groups is 1. The van der Waals surface area contributed by atoms with Gasteiger partial charge in [-0.2, -0.15) is 13.2 Å². The van der Waals surface area contributed by atoms with E-state index in [9.17, 15) is 18.0 Å². The van der Waals surface area contributed by atoms with E-state index >= 15 is 0 Å². The van der Waals surface area contributed by atoms with Gasteiger partial charge < -0.3 is 19.2 Å². The average Bonchev–Trinajstić information content (AvgIpc) is 3.25. The second kappa shape index (κ2) is 9.31. The molecule has 10 heteroatoms. The monoisotopic (exact) mass is 440 g/mol. The molecule has 2 heterocycles.